The molecule has 0 bridgehead atoms. The normalized spacial score (nSPS) is 10.7. The van der Waals surface area contributed by atoms with E-state index in [4.69, 9.17) is 10.5 Å². The molecule has 0 spiro atoms. The first-order chi connectivity index (χ1) is 8.84. The summed E-state index contributed by atoms with van der Waals surface area (Å²) in [5.74, 6) is 1.35. The van der Waals surface area contributed by atoms with Crippen LogP contribution in [0.25, 0.3) is 5.65 Å². The van der Waals surface area contributed by atoms with Crippen LogP contribution in [0, 0.1) is 0 Å². The first kappa shape index (κ1) is 10.5. The average molecular weight is 241 g/mol. The molecule has 0 amide bonds. The highest BCUT2D eigenvalue weighted by molar-refractivity contribution is 5.51. The fraction of sp³-hybridized carbons (Fsp3) is 0.0833. The third kappa shape index (κ3) is 1.84. The second kappa shape index (κ2) is 4.33. The Labute approximate surface area is 103 Å². The summed E-state index contributed by atoms with van der Waals surface area (Å²) >= 11 is 0. The molecule has 6 heteroatoms. The summed E-state index contributed by atoms with van der Waals surface area (Å²) in [5, 5.41) is 8.04. The lowest BCUT2D eigenvalue weighted by molar-refractivity contribution is 0.296. The molecular weight excluding hydrogens is 230 g/mol. The van der Waals surface area contributed by atoms with Gasteiger partial charge in [0.05, 0.1) is 11.9 Å². The summed E-state index contributed by atoms with van der Waals surface area (Å²) in [5.41, 5.74) is 7.09. The van der Waals surface area contributed by atoms with Crippen LogP contribution < -0.4 is 10.5 Å². The van der Waals surface area contributed by atoms with Gasteiger partial charge in [0, 0.05) is 12.4 Å². The molecule has 0 aliphatic heterocycles. The number of anilines is 1. The van der Waals surface area contributed by atoms with E-state index in [-0.39, 0.29) is 0 Å². The highest BCUT2D eigenvalue weighted by Crippen LogP contribution is 2.20. The summed E-state index contributed by atoms with van der Waals surface area (Å²) in [6, 6.07) is 7.35. The van der Waals surface area contributed by atoms with Crippen molar-refractivity contribution in [1.29, 1.82) is 0 Å². The fourth-order valence-electron chi connectivity index (χ4n) is 1.66. The zero-order valence-corrected chi connectivity index (χ0v) is 9.52. The predicted octanol–water partition coefficient (Wildman–Crippen LogP) is 1.29. The number of benzene rings is 1. The molecule has 0 saturated carbocycles. The number of ether oxygens (including phenoxy) is 1. The maximum Gasteiger partial charge on any atom is 0.179 e. The summed E-state index contributed by atoms with van der Waals surface area (Å²) < 4.78 is 7.45. The lowest BCUT2D eigenvalue weighted by Gasteiger charge is -2.07. The third-order valence-electron chi connectivity index (χ3n) is 2.56. The van der Waals surface area contributed by atoms with Gasteiger partial charge in [-0.1, -0.05) is 12.1 Å². The maximum atomic E-state index is 5.79. The molecule has 3 rings (SSSR count). The van der Waals surface area contributed by atoms with E-state index >= 15 is 0 Å². The molecule has 0 radical (unpaired) electrons. The molecule has 3 aromatic rings. The first-order valence-electron chi connectivity index (χ1n) is 5.45. The van der Waals surface area contributed by atoms with E-state index in [2.05, 4.69) is 15.2 Å². The van der Waals surface area contributed by atoms with Crippen LogP contribution in [0.3, 0.4) is 0 Å². The van der Waals surface area contributed by atoms with E-state index in [1.165, 1.54) is 0 Å². The second-order valence-corrected chi connectivity index (χ2v) is 3.75. The molecule has 2 aromatic heterocycles. The van der Waals surface area contributed by atoms with Gasteiger partial charge in [0.1, 0.15) is 12.4 Å². The predicted molar refractivity (Wildman–Crippen MR) is 66.0 cm³/mol. The Morgan fingerprint density at radius 3 is 3.00 bits per heavy atom. The molecule has 2 heterocycles. The summed E-state index contributed by atoms with van der Waals surface area (Å²) in [6.07, 6.45) is 5.12. The molecule has 0 aliphatic carbocycles. The van der Waals surface area contributed by atoms with Crippen LogP contribution in [0.2, 0.25) is 0 Å². The van der Waals surface area contributed by atoms with Crippen LogP contribution in [0.1, 0.15) is 5.82 Å². The minimum Gasteiger partial charge on any atom is -0.483 e. The zero-order chi connectivity index (χ0) is 12.4. The van der Waals surface area contributed by atoms with Crippen LogP contribution in [-0.4, -0.2) is 19.6 Å². The molecule has 1 aromatic carbocycles. The van der Waals surface area contributed by atoms with Crippen molar-refractivity contribution in [3.63, 3.8) is 0 Å². The van der Waals surface area contributed by atoms with Gasteiger partial charge in [-0.3, -0.25) is 9.38 Å². The Bertz CT molecular complexity index is 679. The molecule has 0 unspecified atom stereocenters. The van der Waals surface area contributed by atoms with E-state index < -0.39 is 0 Å². The Kier molecular flexibility index (Phi) is 2.53. The molecule has 90 valence electrons. The molecule has 18 heavy (non-hydrogen) atoms. The highest BCUT2D eigenvalue weighted by atomic mass is 16.5. The Morgan fingerprint density at radius 1 is 1.22 bits per heavy atom. The van der Waals surface area contributed by atoms with Crippen LogP contribution in [0.4, 0.5) is 5.69 Å². The monoisotopic (exact) mass is 241 g/mol. The zero-order valence-electron chi connectivity index (χ0n) is 9.52. The van der Waals surface area contributed by atoms with Gasteiger partial charge in [-0.15, -0.1) is 10.2 Å². The van der Waals surface area contributed by atoms with E-state index in [0.717, 1.165) is 0 Å². The number of nitrogens with zero attached hydrogens (tertiary/aromatic N) is 4. The van der Waals surface area contributed by atoms with Crippen molar-refractivity contribution < 1.29 is 4.74 Å². The van der Waals surface area contributed by atoms with Gasteiger partial charge in [0.15, 0.2) is 11.5 Å². The molecule has 0 aliphatic rings. The largest absolute Gasteiger partial charge is 0.483 e. The highest BCUT2D eigenvalue weighted by Gasteiger charge is 2.06. The maximum absolute atomic E-state index is 5.79. The smallest absolute Gasteiger partial charge is 0.179 e. The number of fused-ring (bicyclic) bond motifs is 1. The minimum absolute atomic E-state index is 0.305. The summed E-state index contributed by atoms with van der Waals surface area (Å²) in [4.78, 5) is 3.97. The van der Waals surface area contributed by atoms with Gasteiger partial charge < -0.3 is 10.5 Å². The number of nitrogens with two attached hydrogens (primary N) is 1. The number of hydrogen-bond acceptors (Lipinski definition) is 5. The van der Waals surface area contributed by atoms with Crippen molar-refractivity contribution in [2.45, 2.75) is 6.61 Å². The quantitative estimate of drug-likeness (QED) is 0.699. The number of aromatic nitrogens is 4. The van der Waals surface area contributed by atoms with Crippen LogP contribution in [-0.2, 0) is 6.61 Å². The third-order valence-corrected chi connectivity index (χ3v) is 2.56. The number of rotatable bonds is 3. The van der Waals surface area contributed by atoms with Gasteiger partial charge >= 0.3 is 0 Å². The van der Waals surface area contributed by atoms with Crippen LogP contribution in [0.15, 0.2) is 42.9 Å². The van der Waals surface area contributed by atoms with Crippen molar-refractivity contribution in [2.24, 2.45) is 0 Å². The molecular formula is C12H11N5O. The van der Waals surface area contributed by atoms with Gasteiger partial charge in [-0.05, 0) is 12.1 Å². The first-order valence-corrected chi connectivity index (χ1v) is 5.45. The van der Waals surface area contributed by atoms with Crippen LogP contribution >= 0.6 is 0 Å². The fourth-order valence-corrected chi connectivity index (χ4v) is 1.66. The van der Waals surface area contributed by atoms with E-state index in [1.54, 1.807) is 24.7 Å². The molecule has 0 fully saturated rings. The standard InChI is InChI=1S/C12H11N5O/c13-9-3-1-2-4-10(9)18-8-12-16-15-11-7-14-5-6-17(11)12/h1-7H,8,13H2. The average Bonchev–Trinajstić information content (AvgIpc) is 2.81. The van der Waals surface area contributed by atoms with Gasteiger partial charge in [-0.2, -0.15) is 0 Å². The van der Waals surface area contributed by atoms with Crippen molar-refractivity contribution in [3.05, 3.63) is 48.7 Å². The number of hydrogen-bond donors (Lipinski definition) is 1. The lowest BCUT2D eigenvalue weighted by atomic mass is 10.3. The van der Waals surface area contributed by atoms with Crippen molar-refractivity contribution in [3.8, 4) is 5.75 Å². The van der Waals surface area contributed by atoms with Crippen molar-refractivity contribution >= 4 is 11.3 Å². The van der Waals surface area contributed by atoms with Gasteiger partial charge in [0.25, 0.3) is 0 Å². The topological polar surface area (TPSA) is 78.3 Å². The molecule has 2 N–H and O–H groups in total. The Hall–Kier alpha value is -2.63. The molecule has 0 saturated heterocycles. The molecule has 6 nitrogen and oxygen atoms in total. The summed E-state index contributed by atoms with van der Waals surface area (Å²) in [6.45, 7) is 0.305. The lowest BCUT2D eigenvalue weighted by Crippen LogP contribution is -2.02. The van der Waals surface area contributed by atoms with Gasteiger partial charge in [0.2, 0.25) is 0 Å². The molecule has 0 atom stereocenters. The summed E-state index contributed by atoms with van der Waals surface area (Å²) in [7, 11) is 0. The Morgan fingerprint density at radius 2 is 2.11 bits per heavy atom. The SMILES string of the molecule is Nc1ccccc1OCc1nnc2cnccn12. The van der Waals surface area contributed by atoms with E-state index in [9.17, 15) is 0 Å². The van der Waals surface area contributed by atoms with Crippen LogP contribution in [0.5, 0.6) is 5.75 Å². The Balaban J connectivity index is 1.83. The van der Waals surface area contributed by atoms with Crippen molar-refractivity contribution in [2.75, 3.05) is 5.73 Å². The number of nitrogen functional groups attached to an aromatic ring is 1. The van der Waals surface area contributed by atoms with Gasteiger partial charge in [-0.25, -0.2) is 0 Å². The number of para-hydroxylation sites is 2. The van der Waals surface area contributed by atoms with E-state index in [0.29, 0.717) is 29.5 Å². The van der Waals surface area contributed by atoms with Crippen molar-refractivity contribution in [1.82, 2.24) is 19.6 Å². The van der Waals surface area contributed by atoms with E-state index in [1.807, 2.05) is 22.6 Å². The second-order valence-electron chi connectivity index (χ2n) is 3.75. The minimum atomic E-state index is 0.305.